The van der Waals surface area contributed by atoms with E-state index in [4.69, 9.17) is 4.74 Å². The van der Waals surface area contributed by atoms with Crippen molar-refractivity contribution in [2.45, 2.75) is 38.3 Å². The normalized spacial score (nSPS) is 12.5. The Morgan fingerprint density at radius 1 is 1.12 bits per heavy atom. The molecule has 0 saturated heterocycles. The fraction of sp³-hybridized carbons (Fsp3) is 0.440. The third-order valence-electron chi connectivity index (χ3n) is 5.74. The highest BCUT2D eigenvalue weighted by atomic mass is 32.2. The Morgan fingerprint density at radius 2 is 1.82 bits per heavy atom. The number of ether oxygens (including phenoxy) is 1. The first-order valence-electron chi connectivity index (χ1n) is 11.3. The molecule has 0 radical (unpaired) electrons. The summed E-state index contributed by atoms with van der Waals surface area (Å²) < 4.78 is 22.2. The van der Waals surface area contributed by atoms with Gasteiger partial charge in [0.25, 0.3) is 0 Å². The van der Waals surface area contributed by atoms with Gasteiger partial charge in [0.15, 0.2) is 0 Å². The summed E-state index contributed by atoms with van der Waals surface area (Å²) in [5.41, 5.74) is 4.85. The number of aromatic nitrogens is 2. The van der Waals surface area contributed by atoms with Gasteiger partial charge in [-0.3, -0.25) is 4.79 Å². The van der Waals surface area contributed by atoms with E-state index in [1.54, 1.807) is 18.5 Å². The van der Waals surface area contributed by atoms with Crippen LogP contribution in [0.15, 0.2) is 41.6 Å². The number of methoxy groups -OCH3 is 1. The van der Waals surface area contributed by atoms with Crippen molar-refractivity contribution in [2.75, 3.05) is 41.3 Å². The van der Waals surface area contributed by atoms with E-state index < -0.39 is 11.0 Å². The summed E-state index contributed by atoms with van der Waals surface area (Å²) in [5, 5.41) is 2.98. The molecule has 1 unspecified atom stereocenters. The van der Waals surface area contributed by atoms with Crippen LogP contribution in [0.2, 0.25) is 0 Å². The van der Waals surface area contributed by atoms with Gasteiger partial charge < -0.3 is 19.5 Å². The predicted octanol–water partition coefficient (Wildman–Crippen LogP) is 2.88. The second-order valence-corrected chi connectivity index (χ2v) is 10.3. The molecule has 0 bridgehead atoms. The molecule has 0 fully saturated rings. The minimum Gasteiger partial charge on any atom is -0.497 e. The molecule has 1 N–H and O–H groups in total. The zero-order valence-electron chi connectivity index (χ0n) is 20.9. The number of amides is 1. The van der Waals surface area contributed by atoms with Crippen LogP contribution in [0.25, 0.3) is 11.0 Å². The first kappa shape index (κ1) is 25.9. The van der Waals surface area contributed by atoms with Crippen molar-refractivity contribution in [1.82, 2.24) is 24.1 Å². The van der Waals surface area contributed by atoms with E-state index in [-0.39, 0.29) is 12.3 Å². The molecular formula is C25H35N5O3S. The van der Waals surface area contributed by atoms with Crippen molar-refractivity contribution in [3.8, 4) is 5.75 Å². The van der Waals surface area contributed by atoms with Gasteiger partial charge in [0.05, 0.1) is 29.4 Å². The highest BCUT2D eigenvalue weighted by Gasteiger charge is 2.18. The molecule has 184 valence electrons. The maximum absolute atomic E-state index is 13.1. The Hall–Kier alpha value is -2.75. The SMILES string of the molecule is COc1cc(C)c(S(=O)N(C)CCC(=O)NCc2ccc3ncn(CCN(C)C)c3c2)c(C)c1. The molecule has 3 rings (SSSR count). The molecule has 0 saturated carbocycles. The summed E-state index contributed by atoms with van der Waals surface area (Å²) in [4.78, 5) is 19.8. The van der Waals surface area contributed by atoms with Crippen molar-refractivity contribution in [1.29, 1.82) is 0 Å². The average Bonchev–Trinajstić information content (AvgIpc) is 3.21. The van der Waals surface area contributed by atoms with Crippen molar-refractivity contribution < 1.29 is 13.7 Å². The van der Waals surface area contributed by atoms with Crippen LogP contribution in [0.1, 0.15) is 23.1 Å². The number of nitrogens with zero attached hydrogens (tertiary/aromatic N) is 4. The van der Waals surface area contributed by atoms with Gasteiger partial charge in [-0.2, -0.15) is 0 Å². The molecule has 0 aliphatic rings. The monoisotopic (exact) mass is 485 g/mol. The summed E-state index contributed by atoms with van der Waals surface area (Å²) in [6.45, 7) is 6.46. The molecule has 9 heteroatoms. The summed E-state index contributed by atoms with van der Waals surface area (Å²) in [6, 6.07) is 9.81. The molecule has 3 aromatic rings. The number of hydrogen-bond acceptors (Lipinski definition) is 5. The van der Waals surface area contributed by atoms with Crippen molar-refractivity contribution in [3.05, 3.63) is 53.3 Å². The van der Waals surface area contributed by atoms with Crippen molar-refractivity contribution in [2.24, 2.45) is 0 Å². The lowest BCUT2D eigenvalue weighted by atomic mass is 10.1. The number of likely N-dealkylation sites (N-methyl/N-ethyl adjacent to an activating group) is 1. The molecule has 1 atom stereocenters. The lowest BCUT2D eigenvalue weighted by Gasteiger charge is -2.19. The third kappa shape index (κ3) is 6.43. The maximum Gasteiger partial charge on any atom is 0.221 e. The Labute approximate surface area is 204 Å². The van der Waals surface area contributed by atoms with E-state index in [0.717, 1.165) is 51.5 Å². The zero-order valence-corrected chi connectivity index (χ0v) is 21.7. The van der Waals surface area contributed by atoms with Crippen LogP contribution in [-0.4, -0.2) is 70.2 Å². The molecule has 0 aliphatic heterocycles. The molecule has 34 heavy (non-hydrogen) atoms. The Morgan fingerprint density at radius 3 is 2.47 bits per heavy atom. The molecule has 8 nitrogen and oxygen atoms in total. The van der Waals surface area contributed by atoms with Crippen LogP contribution in [0.5, 0.6) is 5.75 Å². The fourth-order valence-corrected chi connectivity index (χ4v) is 5.03. The number of imidazole rings is 1. The molecule has 1 heterocycles. The fourth-order valence-electron chi connectivity index (χ4n) is 3.79. The number of carbonyl (C=O) groups is 1. The van der Waals surface area contributed by atoms with Crippen molar-refractivity contribution >= 4 is 27.9 Å². The second kappa shape index (κ2) is 11.6. The highest BCUT2D eigenvalue weighted by molar-refractivity contribution is 7.82. The topological polar surface area (TPSA) is 79.7 Å². The number of benzene rings is 2. The smallest absolute Gasteiger partial charge is 0.221 e. The molecule has 0 aliphatic carbocycles. The minimum absolute atomic E-state index is 0.0757. The summed E-state index contributed by atoms with van der Waals surface area (Å²) in [5.74, 6) is 0.671. The van der Waals surface area contributed by atoms with Crippen LogP contribution in [0.3, 0.4) is 0 Å². The van der Waals surface area contributed by atoms with E-state index in [0.29, 0.717) is 13.1 Å². The first-order chi connectivity index (χ1) is 16.2. The van der Waals surface area contributed by atoms with E-state index in [1.807, 2.05) is 58.5 Å². The van der Waals surface area contributed by atoms with Crippen LogP contribution in [0, 0.1) is 13.8 Å². The van der Waals surface area contributed by atoms with Crippen LogP contribution < -0.4 is 10.1 Å². The van der Waals surface area contributed by atoms with E-state index in [1.165, 1.54) is 0 Å². The van der Waals surface area contributed by atoms with Gasteiger partial charge >= 0.3 is 0 Å². The second-order valence-electron chi connectivity index (χ2n) is 8.78. The van der Waals surface area contributed by atoms with E-state index in [9.17, 15) is 9.00 Å². The lowest BCUT2D eigenvalue weighted by Crippen LogP contribution is -2.30. The molecule has 2 aromatic carbocycles. The van der Waals surface area contributed by atoms with Crippen molar-refractivity contribution in [3.63, 3.8) is 0 Å². The summed E-state index contributed by atoms with van der Waals surface area (Å²) >= 11 is 0. The Bertz CT molecular complexity index is 1150. The Balaban J connectivity index is 1.55. The zero-order chi connectivity index (χ0) is 24.8. The van der Waals surface area contributed by atoms with Crippen LogP contribution in [0.4, 0.5) is 0 Å². The lowest BCUT2D eigenvalue weighted by molar-refractivity contribution is -0.121. The number of rotatable bonds is 11. The van der Waals surface area contributed by atoms with Gasteiger partial charge in [-0.05, 0) is 68.9 Å². The van der Waals surface area contributed by atoms with E-state index in [2.05, 4.69) is 25.8 Å². The number of nitrogens with one attached hydrogen (secondary N) is 1. The highest BCUT2D eigenvalue weighted by Crippen LogP contribution is 2.25. The van der Waals surface area contributed by atoms with Crippen LogP contribution >= 0.6 is 0 Å². The van der Waals surface area contributed by atoms with Gasteiger partial charge in [0.1, 0.15) is 16.7 Å². The van der Waals surface area contributed by atoms with Gasteiger partial charge in [0, 0.05) is 39.6 Å². The molecule has 0 spiro atoms. The standard InChI is InChI=1S/C25H35N5O3S/c1-18-13-21(33-6)14-19(2)25(18)34(32)29(5)10-9-24(31)26-16-20-7-8-22-23(15-20)30(17-27-22)12-11-28(3)4/h7-8,13-15,17H,9-12,16H2,1-6H3,(H,26,31). The first-order valence-corrected chi connectivity index (χ1v) is 12.4. The van der Waals surface area contributed by atoms with Gasteiger partial charge in [0.2, 0.25) is 5.91 Å². The summed E-state index contributed by atoms with van der Waals surface area (Å²) in [6.07, 6.45) is 2.12. The Kier molecular flexibility index (Phi) is 8.82. The van der Waals surface area contributed by atoms with Gasteiger partial charge in [-0.1, -0.05) is 6.07 Å². The molecule has 1 amide bonds. The summed E-state index contributed by atoms with van der Waals surface area (Å²) in [7, 11) is 6.13. The van der Waals surface area contributed by atoms with Gasteiger partial charge in [-0.15, -0.1) is 0 Å². The van der Waals surface area contributed by atoms with Crippen LogP contribution in [-0.2, 0) is 28.9 Å². The van der Waals surface area contributed by atoms with E-state index >= 15 is 0 Å². The molecule has 1 aromatic heterocycles. The average molecular weight is 486 g/mol. The largest absolute Gasteiger partial charge is 0.497 e. The predicted molar refractivity (Wildman–Crippen MR) is 136 cm³/mol. The van der Waals surface area contributed by atoms with Gasteiger partial charge in [-0.25, -0.2) is 13.5 Å². The minimum atomic E-state index is -1.35. The number of carbonyl (C=O) groups excluding carboxylic acids is 1. The number of aryl methyl sites for hydroxylation is 2. The number of fused-ring (bicyclic) bond motifs is 1. The quantitative estimate of drug-likeness (QED) is 0.452. The third-order valence-corrected chi connectivity index (χ3v) is 7.49. The maximum atomic E-state index is 13.1. The molecular weight excluding hydrogens is 450 g/mol. The number of hydrogen-bond donors (Lipinski definition) is 1.